The van der Waals surface area contributed by atoms with E-state index >= 15 is 0 Å². The van der Waals surface area contributed by atoms with Gasteiger partial charge in [0.25, 0.3) is 0 Å². The molecule has 1 N–H and O–H groups in total. The van der Waals surface area contributed by atoms with E-state index in [9.17, 15) is 9.59 Å². The van der Waals surface area contributed by atoms with Crippen molar-refractivity contribution in [2.75, 3.05) is 19.7 Å². The highest BCUT2D eigenvalue weighted by atomic mass is 16.5. The summed E-state index contributed by atoms with van der Waals surface area (Å²) in [5.41, 5.74) is 1.06. The van der Waals surface area contributed by atoms with Crippen LogP contribution in [0.2, 0.25) is 0 Å². The molecular formula is C13H19N3O4. The molecule has 0 radical (unpaired) electrons. The maximum atomic E-state index is 12.1. The van der Waals surface area contributed by atoms with Crippen LogP contribution in [0.5, 0.6) is 0 Å². The Bertz CT molecular complexity index is 486. The monoisotopic (exact) mass is 281 g/mol. The first-order chi connectivity index (χ1) is 9.54. The van der Waals surface area contributed by atoms with Gasteiger partial charge in [0.1, 0.15) is 0 Å². The predicted octanol–water partition coefficient (Wildman–Crippen LogP) is 0.284. The number of hydrogen-bond acceptors (Lipinski definition) is 4. The molecule has 7 nitrogen and oxygen atoms in total. The van der Waals surface area contributed by atoms with Crippen molar-refractivity contribution in [1.29, 1.82) is 0 Å². The molecule has 0 aliphatic carbocycles. The van der Waals surface area contributed by atoms with Crippen LogP contribution in [0.3, 0.4) is 0 Å². The van der Waals surface area contributed by atoms with E-state index in [0.717, 1.165) is 5.56 Å². The Balaban J connectivity index is 1.81. The Hall–Kier alpha value is -1.89. The highest BCUT2D eigenvalue weighted by molar-refractivity contribution is 5.76. The number of carboxylic acid groups (broad SMARTS) is 1. The minimum atomic E-state index is -0.906. The molecule has 1 amide bonds. The lowest BCUT2D eigenvalue weighted by Crippen LogP contribution is -2.46. The molecule has 1 aromatic heterocycles. The lowest BCUT2D eigenvalue weighted by molar-refractivity contribution is -0.147. The number of ether oxygens (including phenoxy) is 1. The molecular weight excluding hydrogens is 262 g/mol. The van der Waals surface area contributed by atoms with E-state index in [1.807, 2.05) is 13.1 Å². The second kappa shape index (κ2) is 6.51. The maximum absolute atomic E-state index is 12.1. The summed E-state index contributed by atoms with van der Waals surface area (Å²) in [5, 5.41) is 12.9. The third-order valence-corrected chi connectivity index (χ3v) is 3.21. The predicted molar refractivity (Wildman–Crippen MR) is 70.2 cm³/mol. The van der Waals surface area contributed by atoms with E-state index in [2.05, 4.69) is 5.10 Å². The number of carbonyl (C=O) groups is 2. The van der Waals surface area contributed by atoms with Gasteiger partial charge in [-0.2, -0.15) is 5.10 Å². The van der Waals surface area contributed by atoms with E-state index in [4.69, 9.17) is 9.84 Å². The average molecular weight is 281 g/mol. The van der Waals surface area contributed by atoms with Crippen molar-refractivity contribution >= 4 is 11.9 Å². The molecule has 1 unspecified atom stereocenters. The highest BCUT2D eigenvalue weighted by Crippen LogP contribution is 2.10. The normalized spacial score (nSPS) is 19.1. The summed E-state index contributed by atoms with van der Waals surface area (Å²) in [4.78, 5) is 24.4. The molecule has 2 heterocycles. The topological polar surface area (TPSA) is 84.7 Å². The van der Waals surface area contributed by atoms with Gasteiger partial charge in [0.05, 0.1) is 25.3 Å². The van der Waals surface area contributed by atoms with Gasteiger partial charge in [0.15, 0.2) is 0 Å². The van der Waals surface area contributed by atoms with Crippen LogP contribution in [-0.4, -0.2) is 57.5 Å². The van der Waals surface area contributed by atoms with Crippen LogP contribution in [0.25, 0.3) is 0 Å². The first-order valence-corrected chi connectivity index (χ1v) is 6.65. The first kappa shape index (κ1) is 14.5. The maximum Gasteiger partial charge on any atom is 0.306 e. The molecule has 2 rings (SSSR count). The van der Waals surface area contributed by atoms with Gasteiger partial charge < -0.3 is 14.7 Å². The van der Waals surface area contributed by atoms with Gasteiger partial charge in [-0.25, -0.2) is 0 Å². The van der Waals surface area contributed by atoms with Crippen molar-refractivity contribution in [1.82, 2.24) is 14.7 Å². The number of aliphatic carboxylic acids is 1. The highest BCUT2D eigenvalue weighted by Gasteiger charge is 2.25. The molecule has 20 heavy (non-hydrogen) atoms. The molecule has 1 aromatic rings. The van der Waals surface area contributed by atoms with Crippen molar-refractivity contribution in [3.8, 4) is 0 Å². The van der Waals surface area contributed by atoms with E-state index in [-0.39, 0.29) is 12.3 Å². The standard InChI is InChI=1S/C13H19N3O4/c1-10-7-14-16(8-10)3-2-12(17)15-4-5-20-11(9-15)6-13(18)19/h7-8,11H,2-6,9H2,1H3,(H,18,19). The zero-order valence-corrected chi connectivity index (χ0v) is 11.5. The van der Waals surface area contributed by atoms with Gasteiger partial charge in [-0.3, -0.25) is 14.3 Å². The Labute approximate surface area is 117 Å². The lowest BCUT2D eigenvalue weighted by atomic mass is 10.2. The van der Waals surface area contributed by atoms with E-state index in [0.29, 0.717) is 32.7 Å². The fraction of sp³-hybridized carbons (Fsp3) is 0.615. The summed E-state index contributed by atoms with van der Waals surface area (Å²) in [5.74, 6) is -0.895. The van der Waals surface area contributed by atoms with Crippen LogP contribution < -0.4 is 0 Å². The lowest BCUT2D eigenvalue weighted by Gasteiger charge is -2.32. The minimum absolute atomic E-state index is 0.0110. The summed E-state index contributed by atoms with van der Waals surface area (Å²) in [7, 11) is 0. The number of rotatable bonds is 5. The fourth-order valence-corrected chi connectivity index (χ4v) is 2.22. The van der Waals surface area contributed by atoms with E-state index < -0.39 is 12.1 Å². The number of aromatic nitrogens is 2. The molecule has 1 aliphatic heterocycles. The number of morpholine rings is 1. The summed E-state index contributed by atoms with van der Waals surface area (Å²) in [6, 6.07) is 0. The Morgan fingerprint density at radius 1 is 1.55 bits per heavy atom. The Kier molecular flexibility index (Phi) is 4.73. The molecule has 1 aliphatic rings. The smallest absolute Gasteiger partial charge is 0.306 e. The van der Waals surface area contributed by atoms with Gasteiger partial charge in [-0.15, -0.1) is 0 Å². The summed E-state index contributed by atoms with van der Waals surface area (Å²) in [6.45, 7) is 3.75. The van der Waals surface area contributed by atoms with Gasteiger partial charge in [-0.05, 0) is 12.5 Å². The van der Waals surface area contributed by atoms with Crippen molar-refractivity contribution in [2.24, 2.45) is 0 Å². The molecule has 0 saturated carbocycles. The molecule has 1 fully saturated rings. The SMILES string of the molecule is Cc1cnn(CCC(=O)N2CCOC(CC(=O)O)C2)c1. The quantitative estimate of drug-likeness (QED) is 0.838. The van der Waals surface area contributed by atoms with Crippen LogP contribution >= 0.6 is 0 Å². The molecule has 1 atom stereocenters. The fourth-order valence-electron chi connectivity index (χ4n) is 2.22. The second-order valence-corrected chi connectivity index (χ2v) is 4.96. The number of carboxylic acids is 1. The van der Waals surface area contributed by atoms with Crippen LogP contribution in [0, 0.1) is 6.92 Å². The third kappa shape index (κ3) is 4.06. The largest absolute Gasteiger partial charge is 0.481 e. The third-order valence-electron chi connectivity index (χ3n) is 3.21. The number of carbonyl (C=O) groups excluding carboxylic acids is 1. The number of amides is 1. The Morgan fingerprint density at radius 3 is 3.00 bits per heavy atom. The van der Waals surface area contributed by atoms with Crippen molar-refractivity contribution in [3.05, 3.63) is 18.0 Å². The molecule has 0 spiro atoms. The summed E-state index contributed by atoms with van der Waals surface area (Å²) < 4.78 is 7.08. The molecule has 7 heteroatoms. The van der Waals surface area contributed by atoms with Gasteiger partial charge >= 0.3 is 5.97 Å². The van der Waals surface area contributed by atoms with E-state index in [1.165, 1.54) is 0 Å². The summed E-state index contributed by atoms with van der Waals surface area (Å²) in [6.07, 6.45) is 3.53. The number of aryl methyl sites for hydroxylation is 2. The van der Waals surface area contributed by atoms with Crippen molar-refractivity contribution < 1.29 is 19.4 Å². The van der Waals surface area contributed by atoms with Crippen LogP contribution in [0.4, 0.5) is 0 Å². The van der Waals surface area contributed by atoms with Crippen LogP contribution in [0.15, 0.2) is 12.4 Å². The average Bonchev–Trinajstić information content (AvgIpc) is 2.81. The first-order valence-electron chi connectivity index (χ1n) is 6.65. The van der Waals surface area contributed by atoms with Crippen molar-refractivity contribution in [2.45, 2.75) is 32.4 Å². The summed E-state index contributed by atoms with van der Waals surface area (Å²) >= 11 is 0. The second-order valence-electron chi connectivity index (χ2n) is 4.96. The van der Waals surface area contributed by atoms with Crippen molar-refractivity contribution in [3.63, 3.8) is 0 Å². The molecule has 1 saturated heterocycles. The molecule has 0 bridgehead atoms. The van der Waals surface area contributed by atoms with Crippen LogP contribution in [0.1, 0.15) is 18.4 Å². The van der Waals surface area contributed by atoms with Crippen LogP contribution in [-0.2, 0) is 20.9 Å². The number of nitrogens with zero attached hydrogens (tertiary/aromatic N) is 3. The zero-order chi connectivity index (χ0) is 14.5. The molecule has 110 valence electrons. The van der Waals surface area contributed by atoms with Gasteiger partial charge in [0.2, 0.25) is 5.91 Å². The Morgan fingerprint density at radius 2 is 2.35 bits per heavy atom. The zero-order valence-electron chi connectivity index (χ0n) is 11.5. The molecule has 0 aromatic carbocycles. The number of hydrogen-bond donors (Lipinski definition) is 1. The van der Waals surface area contributed by atoms with Gasteiger partial charge in [-0.1, -0.05) is 0 Å². The minimum Gasteiger partial charge on any atom is -0.481 e. The van der Waals surface area contributed by atoms with E-state index in [1.54, 1.807) is 15.8 Å². The van der Waals surface area contributed by atoms with Gasteiger partial charge in [0, 0.05) is 32.3 Å².